The Kier molecular flexibility index (Phi) is 3.16. The maximum absolute atomic E-state index is 10.1. The molecule has 2 aromatic rings. The Balaban J connectivity index is 2.15. The number of nitrogens with one attached hydrogen (secondary N) is 1. The molecule has 0 unspecified atom stereocenters. The fraction of sp³-hybridized carbons (Fsp3) is 0.100. The second-order valence-corrected chi connectivity index (χ2v) is 3.56. The fourth-order valence-corrected chi connectivity index (χ4v) is 1.38. The van der Waals surface area contributed by atoms with Gasteiger partial charge in [0.2, 0.25) is 6.41 Å². The van der Waals surface area contributed by atoms with Crippen LogP contribution in [0.5, 0.6) is 0 Å². The largest absolute Gasteiger partial charge is 0.355 e. The zero-order valence-corrected chi connectivity index (χ0v) is 9.05. The number of amides is 1. The van der Waals surface area contributed by atoms with E-state index in [1.54, 1.807) is 23.3 Å². The van der Waals surface area contributed by atoms with Crippen LogP contribution in [0, 0.1) is 0 Å². The highest BCUT2D eigenvalue weighted by Gasteiger charge is 2.00. The van der Waals surface area contributed by atoms with Crippen LogP contribution in [-0.4, -0.2) is 21.2 Å². The van der Waals surface area contributed by atoms with Gasteiger partial charge in [0.05, 0.1) is 17.4 Å². The third kappa shape index (κ3) is 2.38. The average molecular weight is 237 g/mol. The Hall–Kier alpha value is -1.88. The highest BCUT2D eigenvalue weighted by molar-refractivity contribution is 6.30. The Labute approximate surface area is 97.1 Å². The van der Waals surface area contributed by atoms with Crippen molar-refractivity contribution in [3.05, 3.63) is 41.3 Å². The second kappa shape index (κ2) is 4.76. The number of rotatable bonds is 4. The number of hydrogen-bond acceptors (Lipinski definition) is 3. The highest BCUT2D eigenvalue weighted by Crippen LogP contribution is 2.10. The summed E-state index contributed by atoms with van der Waals surface area (Å²) in [6.07, 6.45) is 5.56. The summed E-state index contributed by atoms with van der Waals surface area (Å²) in [6, 6.07) is 3.68. The van der Waals surface area contributed by atoms with Gasteiger partial charge in [-0.25, -0.2) is 9.67 Å². The summed E-state index contributed by atoms with van der Waals surface area (Å²) in [4.78, 5) is 14.3. The van der Waals surface area contributed by atoms with Gasteiger partial charge in [-0.3, -0.25) is 4.79 Å². The summed E-state index contributed by atoms with van der Waals surface area (Å²) in [6.45, 7) is 0.469. The first-order chi connectivity index (χ1) is 7.79. The van der Waals surface area contributed by atoms with Gasteiger partial charge >= 0.3 is 0 Å². The lowest BCUT2D eigenvalue weighted by Gasteiger charge is -2.02. The van der Waals surface area contributed by atoms with Gasteiger partial charge in [-0.1, -0.05) is 17.7 Å². The van der Waals surface area contributed by atoms with Gasteiger partial charge in [-0.2, -0.15) is 5.10 Å². The van der Waals surface area contributed by atoms with Crippen LogP contribution in [0.3, 0.4) is 0 Å². The Bertz CT molecular complexity index is 480. The number of pyridine rings is 1. The second-order valence-electron chi connectivity index (χ2n) is 3.13. The van der Waals surface area contributed by atoms with E-state index in [1.807, 2.05) is 12.1 Å². The molecule has 0 saturated heterocycles. The number of aromatic nitrogens is 3. The molecule has 2 heterocycles. The summed E-state index contributed by atoms with van der Waals surface area (Å²) in [7, 11) is 0. The Morgan fingerprint density at radius 1 is 1.44 bits per heavy atom. The van der Waals surface area contributed by atoms with Gasteiger partial charge in [0.25, 0.3) is 0 Å². The lowest BCUT2D eigenvalue weighted by molar-refractivity contribution is -0.109. The minimum atomic E-state index is 0.469. The molecule has 0 aliphatic carbocycles. The summed E-state index contributed by atoms with van der Waals surface area (Å²) in [5.74, 6) is 0.682. The maximum Gasteiger partial charge on any atom is 0.207 e. The van der Waals surface area contributed by atoms with E-state index in [0.29, 0.717) is 23.8 Å². The van der Waals surface area contributed by atoms with Gasteiger partial charge in [0, 0.05) is 12.7 Å². The standard InChI is InChI=1S/C10H9ClN4O/c11-9-5-14-15(6-9)10-2-1-8(4-13-10)3-12-7-16/h1-2,4-7H,3H2,(H,12,16). The van der Waals surface area contributed by atoms with Crippen LogP contribution in [-0.2, 0) is 11.3 Å². The van der Waals surface area contributed by atoms with Gasteiger partial charge in [0.1, 0.15) is 0 Å². The van der Waals surface area contributed by atoms with Crippen LogP contribution in [0.15, 0.2) is 30.7 Å². The molecule has 0 bridgehead atoms. The van der Waals surface area contributed by atoms with E-state index >= 15 is 0 Å². The molecule has 0 aliphatic rings. The first-order valence-electron chi connectivity index (χ1n) is 4.62. The molecule has 0 spiro atoms. The van der Waals surface area contributed by atoms with Crippen molar-refractivity contribution >= 4 is 18.0 Å². The van der Waals surface area contributed by atoms with Crippen molar-refractivity contribution in [1.82, 2.24) is 20.1 Å². The molecule has 0 aliphatic heterocycles. The number of carbonyl (C=O) groups is 1. The van der Waals surface area contributed by atoms with Crippen LogP contribution in [0.2, 0.25) is 5.02 Å². The molecular formula is C10H9ClN4O. The van der Waals surface area contributed by atoms with Crippen LogP contribution < -0.4 is 5.32 Å². The van der Waals surface area contributed by atoms with E-state index in [0.717, 1.165) is 5.56 Å². The van der Waals surface area contributed by atoms with Crippen LogP contribution in [0.1, 0.15) is 5.56 Å². The van der Waals surface area contributed by atoms with Crippen molar-refractivity contribution in [3.63, 3.8) is 0 Å². The molecule has 0 radical (unpaired) electrons. The lowest BCUT2D eigenvalue weighted by atomic mass is 10.3. The van der Waals surface area contributed by atoms with Gasteiger partial charge < -0.3 is 5.32 Å². The third-order valence-corrected chi connectivity index (χ3v) is 2.18. The zero-order valence-electron chi connectivity index (χ0n) is 8.30. The van der Waals surface area contributed by atoms with Crippen LogP contribution in [0.4, 0.5) is 0 Å². The highest BCUT2D eigenvalue weighted by atomic mass is 35.5. The van der Waals surface area contributed by atoms with E-state index in [-0.39, 0.29) is 0 Å². The first kappa shape index (κ1) is 10.6. The predicted octanol–water partition coefficient (Wildman–Crippen LogP) is 1.17. The first-order valence-corrected chi connectivity index (χ1v) is 5.00. The van der Waals surface area contributed by atoms with Crippen molar-refractivity contribution in [3.8, 4) is 5.82 Å². The van der Waals surface area contributed by atoms with Gasteiger partial charge in [-0.05, 0) is 11.6 Å². The van der Waals surface area contributed by atoms with Crippen molar-refractivity contribution in [2.24, 2.45) is 0 Å². The number of hydrogen-bond donors (Lipinski definition) is 1. The van der Waals surface area contributed by atoms with E-state index in [2.05, 4.69) is 15.4 Å². The molecule has 2 aromatic heterocycles. The lowest BCUT2D eigenvalue weighted by Crippen LogP contribution is -2.10. The molecule has 1 N–H and O–H groups in total. The molecule has 6 heteroatoms. The summed E-state index contributed by atoms with van der Waals surface area (Å²) < 4.78 is 1.58. The maximum atomic E-state index is 10.1. The van der Waals surface area contributed by atoms with Gasteiger partial charge in [0.15, 0.2) is 5.82 Å². The van der Waals surface area contributed by atoms with Crippen molar-refractivity contribution in [2.75, 3.05) is 0 Å². The van der Waals surface area contributed by atoms with E-state index in [4.69, 9.17) is 11.6 Å². The molecule has 2 rings (SSSR count). The summed E-state index contributed by atoms with van der Waals surface area (Å²) >= 11 is 5.75. The minimum absolute atomic E-state index is 0.469. The van der Waals surface area contributed by atoms with E-state index in [1.165, 1.54) is 0 Å². The topological polar surface area (TPSA) is 59.8 Å². The van der Waals surface area contributed by atoms with Crippen molar-refractivity contribution in [1.29, 1.82) is 0 Å². The molecule has 5 nitrogen and oxygen atoms in total. The average Bonchev–Trinajstić information content (AvgIpc) is 2.74. The monoisotopic (exact) mass is 236 g/mol. The molecule has 0 atom stereocenters. The Morgan fingerprint density at radius 3 is 2.88 bits per heavy atom. The number of nitrogens with zero attached hydrogens (tertiary/aromatic N) is 3. The quantitative estimate of drug-likeness (QED) is 0.811. The van der Waals surface area contributed by atoms with Crippen LogP contribution >= 0.6 is 11.6 Å². The third-order valence-electron chi connectivity index (χ3n) is 1.98. The SMILES string of the molecule is O=CNCc1ccc(-n2cc(Cl)cn2)nc1. The van der Waals surface area contributed by atoms with Gasteiger partial charge in [-0.15, -0.1) is 0 Å². The smallest absolute Gasteiger partial charge is 0.207 e. The normalized spacial score (nSPS) is 10.1. The van der Waals surface area contributed by atoms with Crippen molar-refractivity contribution < 1.29 is 4.79 Å². The minimum Gasteiger partial charge on any atom is -0.355 e. The number of carbonyl (C=O) groups excluding carboxylic acids is 1. The molecule has 1 amide bonds. The van der Waals surface area contributed by atoms with E-state index in [9.17, 15) is 4.79 Å². The van der Waals surface area contributed by atoms with Crippen molar-refractivity contribution in [2.45, 2.75) is 6.54 Å². The zero-order chi connectivity index (χ0) is 11.4. The van der Waals surface area contributed by atoms with Crippen LogP contribution in [0.25, 0.3) is 5.82 Å². The molecule has 0 fully saturated rings. The molecular weight excluding hydrogens is 228 g/mol. The number of halogens is 1. The summed E-state index contributed by atoms with van der Waals surface area (Å²) in [5, 5.41) is 7.16. The van der Waals surface area contributed by atoms with E-state index < -0.39 is 0 Å². The Morgan fingerprint density at radius 2 is 2.31 bits per heavy atom. The molecule has 0 aromatic carbocycles. The predicted molar refractivity (Wildman–Crippen MR) is 59.3 cm³/mol. The summed E-state index contributed by atoms with van der Waals surface area (Å²) in [5.41, 5.74) is 0.925. The fourth-order valence-electron chi connectivity index (χ4n) is 1.24. The molecule has 16 heavy (non-hydrogen) atoms. The molecule has 0 saturated carbocycles. The molecule has 82 valence electrons.